The van der Waals surface area contributed by atoms with Crippen LogP contribution < -0.4 is 24.4 Å². The predicted octanol–water partition coefficient (Wildman–Crippen LogP) is 3.64. The van der Waals surface area contributed by atoms with Crippen LogP contribution in [0.4, 0.5) is 10.1 Å². The first-order valence-electron chi connectivity index (χ1n) is 10.3. The number of nitrogens with one attached hydrogen (secondary N) is 1. The Bertz CT molecular complexity index is 1260. The lowest BCUT2D eigenvalue weighted by atomic mass is 10.1. The molecule has 2 amide bonds. The third kappa shape index (κ3) is 4.36. The summed E-state index contributed by atoms with van der Waals surface area (Å²) in [6.07, 6.45) is 1.52. The van der Waals surface area contributed by atoms with Gasteiger partial charge in [-0.15, -0.1) is 0 Å². The van der Waals surface area contributed by atoms with Gasteiger partial charge in [0.2, 0.25) is 12.7 Å². The first kappa shape index (κ1) is 20.6. The Morgan fingerprint density at radius 2 is 1.79 bits per heavy atom. The van der Waals surface area contributed by atoms with Gasteiger partial charge in [-0.05, 0) is 53.6 Å². The van der Waals surface area contributed by atoms with Gasteiger partial charge in [0, 0.05) is 6.54 Å². The second-order valence-electron chi connectivity index (χ2n) is 7.49. The van der Waals surface area contributed by atoms with Crippen molar-refractivity contribution in [2.75, 3.05) is 18.2 Å². The minimum atomic E-state index is -0.462. The summed E-state index contributed by atoms with van der Waals surface area (Å²) in [7, 11) is 0. The number of nitrogens with zero attached hydrogens (tertiary/aromatic N) is 1. The van der Waals surface area contributed by atoms with E-state index >= 15 is 0 Å². The van der Waals surface area contributed by atoms with E-state index in [1.807, 2.05) is 6.07 Å². The topological polar surface area (TPSA) is 77.1 Å². The van der Waals surface area contributed by atoms with E-state index in [2.05, 4.69) is 5.32 Å². The average Bonchev–Trinajstić information content (AvgIpc) is 3.30. The van der Waals surface area contributed by atoms with Crippen molar-refractivity contribution in [2.45, 2.75) is 6.54 Å². The third-order valence-corrected chi connectivity index (χ3v) is 5.23. The molecule has 0 atom stereocenters. The highest BCUT2D eigenvalue weighted by molar-refractivity contribution is 6.12. The number of halogens is 1. The normalized spacial score (nSPS) is 15.2. The number of hydrogen-bond acceptors (Lipinski definition) is 5. The molecule has 166 valence electrons. The third-order valence-electron chi connectivity index (χ3n) is 5.23. The van der Waals surface area contributed by atoms with E-state index in [0.29, 0.717) is 28.5 Å². The number of carbonyl (C=O) groups is 2. The molecule has 0 saturated carbocycles. The van der Waals surface area contributed by atoms with Gasteiger partial charge in [0.15, 0.2) is 23.0 Å². The number of benzene rings is 3. The summed E-state index contributed by atoms with van der Waals surface area (Å²) in [6, 6.07) is 18.1. The van der Waals surface area contributed by atoms with Gasteiger partial charge >= 0.3 is 0 Å². The molecule has 0 aromatic heterocycles. The first-order valence-corrected chi connectivity index (χ1v) is 10.3. The molecule has 33 heavy (non-hydrogen) atoms. The molecular formula is C25H19FN2O5. The fourth-order valence-electron chi connectivity index (χ4n) is 3.58. The number of fused-ring (bicyclic) bond motifs is 2. The van der Waals surface area contributed by atoms with Gasteiger partial charge in [0.25, 0.3) is 5.91 Å². The molecule has 7 nitrogen and oxygen atoms in total. The van der Waals surface area contributed by atoms with Crippen LogP contribution in [0, 0.1) is 5.82 Å². The fraction of sp³-hybridized carbons (Fsp3) is 0.120. The molecule has 3 aromatic carbocycles. The maximum Gasteiger partial charge on any atom is 0.294 e. The second-order valence-corrected chi connectivity index (χ2v) is 7.49. The predicted molar refractivity (Wildman–Crippen MR) is 118 cm³/mol. The van der Waals surface area contributed by atoms with E-state index in [0.717, 1.165) is 5.56 Å². The highest BCUT2D eigenvalue weighted by atomic mass is 19.1. The number of rotatable bonds is 5. The maximum atomic E-state index is 13.2. The number of ether oxygens (including phenoxy) is 3. The average molecular weight is 446 g/mol. The van der Waals surface area contributed by atoms with Gasteiger partial charge in [0.05, 0.1) is 5.69 Å². The lowest BCUT2D eigenvalue weighted by Gasteiger charge is -2.30. The maximum absolute atomic E-state index is 13.2. The molecule has 0 radical (unpaired) electrons. The molecule has 1 N–H and O–H groups in total. The Morgan fingerprint density at radius 1 is 1.00 bits per heavy atom. The zero-order valence-corrected chi connectivity index (χ0v) is 17.4. The number of para-hydroxylation sites is 2. The Hall–Kier alpha value is -4.33. The minimum Gasteiger partial charge on any atom is -0.454 e. The summed E-state index contributed by atoms with van der Waals surface area (Å²) in [4.78, 5) is 27.2. The van der Waals surface area contributed by atoms with Crippen LogP contribution in [0.1, 0.15) is 11.1 Å². The SMILES string of the molecule is O=C(CN1C(=O)C(=Cc2ccc(F)cc2)Oc2ccccc21)NCc1ccc2c(c1)OCO2. The van der Waals surface area contributed by atoms with Crippen molar-refractivity contribution in [3.05, 3.63) is 89.4 Å². The zero-order valence-electron chi connectivity index (χ0n) is 17.4. The van der Waals surface area contributed by atoms with Crippen molar-refractivity contribution < 1.29 is 28.2 Å². The zero-order chi connectivity index (χ0) is 22.8. The van der Waals surface area contributed by atoms with Crippen LogP contribution in [0.15, 0.2) is 72.5 Å². The van der Waals surface area contributed by atoms with Crippen LogP contribution in [-0.2, 0) is 16.1 Å². The number of amides is 2. The van der Waals surface area contributed by atoms with E-state index in [-0.39, 0.29) is 37.4 Å². The molecule has 0 unspecified atom stereocenters. The fourth-order valence-corrected chi connectivity index (χ4v) is 3.58. The molecule has 0 bridgehead atoms. The summed E-state index contributed by atoms with van der Waals surface area (Å²) < 4.78 is 29.7. The highest BCUT2D eigenvalue weighted by Gasteiger charge is 2.31. The Balaban J connectivity index is 1.33. The largest absolute Gasteiger partial charge is 0.454 e. The summed E-state index contributed by atoms with van der Waals surface area (Å²) in [5.74, 6) is 0.628. The Labute approximate surface area is 189 Å². The van der Waals surface area contributed by atoms with Crippen LogP contribution in [0.2, 0.25) is 0 Å². The van der Waals surface area contributed by atoms with Crippen LogP contribution in [0.25, 0.3) is 6.08 Å². The molecule has 0 spiro atoms. The van der Waals surface area contributed by atoms with Crippen molar-refractivity contribution in [3.63, 3.8) is 0 Å². The van der Waals surface area contributed by atoms with Crippen LogP contribution in [0.5, 0.6) is 17.2 Å². The summed E-state index contributed by atoms with van der Waals surface area (Å²) in [5, 5.41) is 2.83. The van der Waals surface area contributed by atoms with Gasteiger partial charge in [-0.3, -0.25) is 14.5 Å². The van der Waals surface area contributed by atoms with Crippen LogP contribution in [-0.4, -0.2) is 25.2 Å². The van der Waals surface area contributed by atoms with E-state index in [4.69, 9.17) is 14.2 Å². The minimum absolute atomic E-state index is 0.0453. The molecule has 0 saturated heterocycles. The summed E-state index contributed by atoms with van der Waals surface area (Å²) in [6.45, 7) is 0.260. The number of anilines is 1. The highest BCUT2D eigenvalue weighted by Crippen LogP contribution is 2.35. The lowest BCUT2D eigenvalue weighted by Crippen LogP contribution is -2.44. The van der Waals surface area contributed by atoms with E-state index < -0.39 is 5.91 Å². The van der Waals surface area contributed by atoms with Crippen LogP contribution >= 0.6 is 0 Å². The van der Waals surface area contributed by atoms with Crippen molar-refractivity contribution >= 4 is 23.6 Å². The van der Waals surface area contributed by atoms with Crippen LogP contribution in [0.3, 0.4) is 0 Å². The van der Waals surface area contributed by atoms with Crippen molar-refractivity contribution in [1.82, 2.24) is 5.32 Å². The van der Waals surface area contributed by atoms with Crippen molar-refractivity contribution in [1.29, 1.82) is 0 Å². The van der Waals surface area contributed by atoms with E-state index in [9.17, 15) is 14.0 Å². The van der Waals surface area contributed by atoms with Gasteiger partial charge < -0.3 is 19.5 Å². The lowest BCUT2D eigenvalue weighted by molar-refractivity contribution is -0.123. The summed E-state index contributed by atoms with van der Waals surface area (Å²) >= 11 is 0. The molecule has 3 aromatic rings. The van der Waals surface area contributed by atoms with Crippen molar-refractivity contribution in [3.8, 4) is 17.2 Å². The smallest absolute Gasteiger partial charge is 0.294 e. The molecule has 0 fully saturated rings. The number of carbonyl (C=O) groups excluding carboxylic acids is 2. The molecule has 2 aliphatic rings. The van der Waals surface area contributed by atoms with Crippen molar-refractivity contribution in [2.24, 2.45) is 0 Å². The molecule has 0 aliphatic carbocycles. The Kier molecular flexibility index (Phi) is 5.40. The molecular weight excluding hydrogens is 427 g/mol. The second kappa shape index (κ2) is 8.66. The molecule has 2 aliphatic heterocycles. The Morgan fingerprint density at radius 3 is 2.64 bits per heavy atom. The monoisotopic (exact) mass is 446 g/mol. The quantitative estimate of drug-likeness (QED) is 0.606. The van der Waals surface area contributed by atoms with Gasteiger partial charge in [0.1, 0.15) is 12.4 Å². The van der Waals surface area contributed by atoms with Gasteiger partial charge in [-0.2, -0.15) is 0 Å². The van der Waals surface area contributed by atoms with E-state index in [1.165, 1.54) is 23.1 Å². The number of hydrogen-bond donors (Lipinski definition) is 1. The standard InChI is InChI=1S/C25H19FN2O5/c26-18-8-5-16(6-9-18)11-23-25(30)28(19-3-1-2-4-20(19)33-23)14-24(29)27-13-17-7-10-21-22(12-17)32-15-31-21/h1-12H,13-15H2,(H,27,29). The van der Waals surface area contributed by atoms with Gasteiger partial charge in [-0.25, -0.2) is 4.39 Å². The molecule has 8 heteroatoms. The van der Waals surface area contributed by atoms with Gasteiger partial charge in [-0.1, -0.05) is 30.3 Å². The molecule has 2 heterocycles. The first-order chi connectivity index (χ1) is 16.1. The van der Waals surface area contributed by atoms with E-state index in [1.54, 1.807) is 48.5 Å². The molecule has 5 rings (SSSR count). The summed E-state index contributed by atoms with van der Waals surface area (Å²) in [5.41, 5.74) is 1.95.